The van der Waals surface area contributed by atoms with E-state index in [1.807, 2.05) is 30.3 Å². The molecule has 1 aromatic heterocycles. The highest BCUT2D eigenvalue weighted by Gasteiger charge is 2.19. The van der Waals surface area contributed by atoms with Gasteiger partial charge in [0, 0.05) is 12.5 Å². The van der Waals surface area contributed by atoms with Crippen molar-refractivity contribution in [1.29, 1.82) is 0 Å². The van der Waals surface area contributed by atoms with Crippen LogP contribution in [0, 0.1) is 6.92 Å². The Labute approximate surface area is 132 Å². The Hall–Kier alpha value is -1.97. The molecule has 0 amide bonds. The molecule has 0 spiro atoms. The molecule has 0 N–H and O–H groups in total. The minimum atomic E-state index is 0.393. The number of ether oxygens (including phenoxy) is 1. The molecule has 0 saturated heterocycles. The first kappa shape index (κ1) is 14.0. The second kappa shape index (κ2) is 5.80. The Morgan fingerprint density at radius 2 is 1.57 bits per heavy atom. The molecule has 0 bridgehead atoms. The summed E-state index contributed by atoms with van der Waals surface area (Å²) in [6, 6.07) is 14.8. The summed E-state index contributed by atoms with van der Waals surface area (Å²) in [4.78, 5) is 0. The van der Waals surface area contributed by atoms with Crippen molar-refractivity contribution >= 4 is 23.2 Å². The van der Waals surface area contributed by atoms with E-state index in [0.29, 0.717) is 33.0 Å². The van der Waals surface area contributed by atoms with Gasteiger partial charge in [0.05, 0.1) is 10.0 Å². The molecule has 0 aliphatic carbocycles. The van der Waals surface area contributed by atoms with Crippen molar-refractivity contribution in [3.8, 4) is 22.8 Å². The lowest BCUT2D eigenvalue weighted by atomic mass is 10.1. The molecule has 1 heterocycles. The number of hydrogen-bond acceptors (Lipinski definition) is 3. The molecule has 3 aromatic rings. The van der Waals surface area contributed by atoms with Gasteiger partial charge in [0.25, 0.3) is 0 Å². The topological polar surface area (TPSA) is 35.3 Å². The normalized spacial score (nSPS) is 10.6. The van der Waals surface area contributed by atoms with Crippen LogP contribution < -0.4 is 4.74 Å². The summed E-state index contributed by atoms with van der Waals surface area (Å²) in [7, 11) is 0. The Morgan fingerprint density at radius 3 is 2.24 bits per heavy atom. The molecule has 2 aromatic carbocycles. The second-order valence-electron chi connectivity index (χ2n) is 4.44. The standard InChI is InChI=1S/C16H11Cl2NO2/c1-10-15(20-16-12(17)8-5-9-13(16)18)14(19-21-10)11-6-3-2-4-7-11/h2-9H,1H3. The average Bonchev–Trinajstić information content (AvgIpc) is 2.85. The first-order valence-corrected chi connectivity index (χ1v) is 7.06. The van der Waals surface area contributed by atoms with Crippen LogP contribution in [0.5, 0.6) is 11.5 Å². The number of nitrogens with zero attached hydrogens (tertiary/aromatic N) is 1. The van der Waals surface area contributed by atoms with Crippen LogP contribution in [0.2, 0.25) is 10.0 Å². The number of halogens is 2. The monoisotopic (exact) mass is 319 g/mol. The molecule has 0 saturated carbocycles. The molecule has 3 nitrogen and oxygen atoms in total. The fourth-order valence-electron chi connectivity index (χ4n) is 1.95. The van der Waals surface area contributed by atoms with Crippen molar-refractivity contribution < 1.29 is 9.26 Å². The smallest absolute Gasteiger partial charge is 0.197 e. The fourth-order valence-corrected chi connectivity index (χ4v) is 2.42. The summed E-state index contributed by atoms with van der Waals surface area (Å²) in [5.41, 5.74) is 1.51. The molecule has 106 valence electrons. The molecular weight excluding hydrogens is 309 g/mol. The van der Waals surface area contributed by atoms with E-state index >= 15 is 0 Å². The van der Waals surface area contributed by atoms with E-state index in [0.717, 1.165) is 5.56 Å². The summed E-state index contributed by atoms with van der Waals surface area (Å²) in [6.07, 6.45) is 0. The first-order chi connectivity index (χ1) is 10.2. The quantitative estimate of drug-likeness (QED) is 0.616. The molecule has 0 unspecified atom stereocenters. The molecule has 0 aliphatic heterocycles. The lowest BCUT2D eigenvalue weighted by molar-refractivity contribution is 0.387. The van der Waals surface area contributed by atoms with Crippen molar-refractivity contribution in [2.45, 2.75) is 6.92 Å². The summed E-state index contributed by atoms with van der Waals surface area (Å²) in [5.74, 6) is 1.46. The highest BCUT2D eigenvalue weighted by molar-refractivity contribution is 6.37. The van der Waals surface area contributed by atoms with E-state index in [4.69, 9.17) is 32.5 Å². The Kier molecular flexibility index (Phi) is 3.86. The molecule has 3 rings (SSSR count). The van der Waals surface area contributed by atoms with Crippen LogP contribution in [-0.4, -0.2) is 5.16 Å². The van der Waals surface area contributed by atoms with E-state index in [1.165, 1.54) is 0 Å². The van der Waals surface area contributed by atoms with Crippen LogP contribution in [0.4, 0.5) is 0 Å². The maximum absolute atomic E-state index is 6.14. The third kappa shape index (κ3) is 2.75. The van der Waals surface area contributed by atoms with Crippen molar-refractivity contribution in [3.05, 3.63) is 64.3 Å². The van der Waals surface area contributed by atoms with E-state index in [9.17, 15) is 0 Å². The van der Waals surface area contributed by atoms with Crippen molar-refractivity contribution in [2.75, 3.05) is 0 Å². The minimum Gasteiger partial charge on any atom is -0.448 e. The van der Waals surface area contributed by atoms with Gasteiger partial charge in [-0.3, -0.25) is 0 Å². The predicted octanol–water partition coefficient (Wildman–Crippen LogP) is 5.75. The molecular formula is C16H11Cl2NO2. The highest BCUT2D eigenvalue weighted by Crippen LogP contribution is 2.41. The first-order valence-electron chi connectivity index (χ1n) is 6.30. The van der Waals surface area contributed by atoms with Crippen molar-refractivity contribution in [1.82, 2.24) is 5.16 Å². The third-order valence-electron chi connectivity index (χ3n) is 2.98. The number of aryl methyl sites for hydroxylation is 1. The molecule has 0 atom stereocenters. The highest BCUT2D eigenvalue weighted by atomic mass is 35.5. The Morgan fingerprint density at radius 1 is 0.905 bits per heavy atom. The zero-order valence-corrected chi connectivity index (χ0v) is 12.7. The van der Waals surface area contributed by atoms with E-state index in [-0.39, 0.29) is 0 Å². The fraction of sp³-hybridized carbons (Fsp3) is 0.0625. The van der Waals surface area contributed by atoms with Crippen LogP contribution in [0.15, 0.2) is 53.1 Å². The van der Waals surface area contributed by atoms with Gasteiger partial charge in [-0.2, -0.15) is 0 Å². The molecule has 0 aliphatic rings. The van der Waals surface area contributed by atoms with Gasteiger partial charge in [0.2, 0.25) is 0 Å². The number of benzene rings is 2. The lowest BCUT2D eigenvalue weighted by Gasteiger charge is -2.09. The number of hydrogen-bond donors (Lipinski definition) is 0. The summed E-state index contributed by atoms with van der Waals surface area (Å²) >= 11 is 12.3. The van der Waals surface area contributed by atoms with Gasteiger partial charge in [0.15, 0.2) is 23.0 Å². The molecule has 5 heteroatoms. The van der Waals surface area contributed by atoms with Gasteiger partial charge in [-0.15, -0.1) is 0 Å². The lowest BCUT2D eigenvalue weighted by Crippen LogP contribution is -1.89. The van der Waals surface area contributed by atoms with Crippen LogP contribution >= 0.6 is 23.2 Å². The maximum atomic E-state index is 6.14. The SMILES string of the molecule is Cc1onc(-c2ccccc2)c1Oc1c(Cl)cccc1Cl. The Balaban J connectivity index is 2.06. The Bertz CT molecular complexity index is 749. The zero-order chi connectivity index (χ0) is 14.8. The minimum absolute atomic E-state index is 0.393. The molecule has 21 heavy (non-hydrogen) atoms. The van der Waals surface area contributed by atoms with Gasteiger partial charge in [0.1, 0.15) is 0 Å². The largest absolute Gasteiger partial charge is 0.448 e. The zero-order valence-electron chi connectivity index (χ0n) is 11.1. The molecule has 0 fully saturated rings. The van der Waals surface area contributed by atoms with Gasteiger partial charge in [-0.1, -0.05) is 64.8 Å². The summed E-state index contributed by atoms with van der Waals surface area (Å²) in [5, 5.41) is 4.92. The predicted molar refractivity (Wildman–Crippen MR) is 83.2 cm³/mol. The van der Waals surface area contributed by atoms with Gasteiger partial charge < -0.3 is 9.26 Å². The van der Waals surface area contributed by atoms with E-state index in [1.54, 1.807) is 25.1 Å². The molecule has 0 radical (unpaired) electrons. The second-order valence-corrected chi connectivity index (χ2v) is 5.25. The number of para-hydroxylation sites is 1. The van der Waals surface area contributed by atoms with E-state index in [2.05, 4.69) is 5.16 Å². The van der Waals surface area contributed by atoms with E-state index < -0.39 is 0 Å². The van der Waals surface area contributed by atoms with Gasteiger partial charge >= 0.3 is 0 Å². The van der Waals surface area contributed by atoms with Crippen LogP contribution in [0.25, 0.3) is 11.3 Å². The average molecular weight is 320 g/mol. The van der Waals surface area contributed by atoms with Crippen LogP contribution in [0.1, 0.15) is 5.76 Å². The maximum Gasteiger partial charge on any atom is 0.197 e. The number of aromatic nitrogens is 1. The van der Waals surface area contributed by atoms with Crippen molar-refractivity contribution in [2.24, 2.45) is 0 Å². The van der Waals surface area contributed by atoms with Crippen LogP contribution in [0.3, 0.4) is 0 Å². The summed E-state index contributed by atoms with van der Waals surface area (Å²) in [6.45, 7) is 1.78. The van der Waals surface area contributed by atoms with Crippen LogP contribution in [-0.2, 0) is 0 Å². The third-order valence-corrected chi connectivity index (χ3v) is 3.57. The van der Waals surface area contributed by atoms with Crippen molar-refractivity contribution in [3.63, 3.8) is 0 Å². The van der Waals surface area contributed by atoms with Gasteiger partial charge in [-0.05, 0) is 12.1 Å². The summed E-state index contributed by atoms with van der Waals surface area (Å²) < 4.78 is 11.1. The van der Waals surface area contributed by atoms with Gasteiger partial charge in [-0.25, -0.2) is 0 Å². The number of rotatable bonds is 3.